The van der Waals surface area contributed by atoms with E-state index in [4.69, 9.17) is 4.42 Å². The molecular weight excluding hydrogens is 268 g/mol. The summed E-state index contributed by atoms with van der Waals surface area (Å²) < 4.78 is 5.87. The van der Waals surface area contributed by atoms with Crippen molar-refractivity contribution in [2.75, 3.05) is 6.54 Å². The minimum atomic E-state index is 0.647. The van der Waals surface area contributed by atoms with Crippen LogP contribution in [-0.4, -0.2) is 11.5 Å². The Balaban J connectivity index is 1.68. The molecule has 0 atom stereocenters. The van der Waals surface area contributed by atoms with Gasteiger partial charge >= 0.3 is 0 Å². The maximum Gasteiger partial charge on any atom is 0.208 e. The van der Waals surface area contributed by atoms with Crippen molar-refractivity contribution in [3.05, 3.63) is 28.6 Å². The van der Waals surface area contributed by atoms with Crippen LogP contribution in [-0.2, 0) is 19.4 Å². The highest BCUT2D eigenvalue weighted by Gasteiger charge is 2.16. The second-order valence-electron chi connectivity index (χ2n) is 5.91. The lowest BCUT2D eigenvalue weighted by Gasteiger charge is -2.08. The van der Waals surface area contributed by atoms with Crippen molar-refractivity contribution in [2.45, 2.75) is 46.1 Å². The second kappa shape index (κ2) is 6.10. The minimum Gasteiger partial charge on any atom is -0.438 e. The van der Waals surface area contributed by atoms with Crippen molar-refractivity contribution in [1.82, 2.24) is 10.3 Å². The molecule has 4 heteroatoms. The van der Waals surface area contributed by atoms with E-state index < -0.39 is 0 Å². The van der Waals surface area contributed by atoms with Crippen LogP contribution >= 0.6 is 11.3 Å². The monoisotopic (exact) mass is 290 g/mol. The fraction of sp³-hybridized carbons (Fsp3) is 0.562. The van der Waals surface area contributed by atoms with Gasteiger partial charge in [0.1, 0.15) is 0 Å². The Morgan fingerprint density at radius 2 is 2.20 bits per heavy atom. The molecule has 0 bridgehead atoms. The largest absolute Gasteiger partial charge is 0.438 e. The third-order valence-corrected chi connectivity index (χ3v) is 4.87. The van der Waals surface area contributed by atoms with Crippen molar-refractivity contribution in [3.63, 3.8) is 0 Å². The molecule has 1 aliphatic carbocycles. The standard InChI is InChI=1S/C16H22N2OS/c1-11(2)8-17-10-16-18-9-13(19-16)15-7-12-5-3-4-6-14(12)20-15/h7,9,11,17H,3-6,8,10H2,1-2H3. The molecule has 3 nitrogen and oxygen atoms in total. The first-order valence-electron chi connectivity index (χ1n) is 7.50. The predicted molar refractivity (Wildman–Crippen MR) is 83.0 cm³/mol. The van der Waals surface area contributed by atoms with Gasteiger partial charge in [0.15, 0.2) is 5.76 Å². The van der Waals surface area contributed by atoms with E-state index in [2.05, 4.69) is 30.2 Å². The summed E-state index contributed by atoms with van der Waals surface area (Å²) in [6.07, 6.45) is 6.97. The van der Waals surface area contributed by atoms with Gasteiger partial charge in [-0.25, -0.2) is 4.98 Å². The van der Waals surface area contributed by atoms with Crippen LogP contribution in [0, 0.1) is 5.92 Å². The highest BCUT2D eigenvalue weighted by atomic mass is 32.1. The summed E-state index contributed by atoms with van der Waals surface area (Å²) in [6.45, 7) is 6.10. The van der Waals surface area contributed by atoms with E-state index in [1.54, 1.807) is 4.88 Å². The number of aryl methyl sites for hydroxylation is 2. The molecule has 0 amide bonds. The number of nitrogens with zero attached hydrogens (tertiary/aromatic N) is 1. The van der Waals surface area contributed by atoms with Gasteiger partial charge in [0.2, 0.25) is 5.89 Å². The molecule has 0 radical (unpaired) electrons. The van der Waals surface area contributed by atoms with Gasteiger partial charge in [0.25, 0.3) is 0 Å². The van der Waals surface area contributed by atoms with Crippen LogP contribution in [0.5, 0.6) is 0 Å². The van der Waals surface area contributed by atoms with Crippen LogP contribution in [0.1, 0.15) is 43.0 Å². The third kappa shape index (κ3) is 3.13. The van der Waals surface area contributed by atoms with Crippen molar-refractivity contribution >= 4 is 11.3 Å². The van der Waals surface area contributed by atoms with Crippen LogP contribution in [0.3, 0.4) is 0 Å². The number of hydrogen-bond acceptors (Lipinski definition) is 4. The van der Waals surface area contributed by atoms with Gasteiger partial charge in [-0.05, 0) is 49.8 Å². The van der Waals surface area contributed by atoms with Gasteiger partial charge in [-0.3, -0.25) is 0 Å². The molecule has 1 N–H and O–H groups in total. The van der Waals surface area contributed by atoms with Crippen molar-refractivity contribution < 1.29 is 4.42 Å². The van der Waals surface area contributed by atoms with Gasteiger partial charge in [-0.15, -0.1) is 11.3 Å². The number of thiophene rings is 1. The fourth-order valence-corrected chi connectivity index (χ4v) is 3.79. The highest BCUT2D eigenvalue weighted by Crippen LogP contribution is 2.35. The Labute approximate surface area is 124 Å². The summed E-state index contributed by atoms with van der Waals surface area (Å²) in [5.74, 6) is 2.35. The number of hydrogen-bond donors (Lipinski definition) is 1. The van der Waals surface area contributed by atoms with Gasteiger partial charge in [-0.2, -0.15) is 0 Å². The Kier molecular flexibility index (Phi) is 4.22. The molecule has 1 aliphatic rings. The smallest absolute Gasteiger partial charge is 0.208 e. The normalized spacial score (nSPS) is 14.8. The van der Waals surface area contributed by atoms with Crippen LogP contribution in [0.4, 0.5) is 0 Å². The van der Waals surface area contributed by atoms with Crippen molar-refractivity contribution in [3.8, 4) is 10.6 Å². The Morgan fingerprint density at radius 3 is 3.00 bits per heavy atom. The predicted octanol–water partition coefficient (Wildman–Crippen LogP) is 4.03. The van der Waals surface area contributed by atoms with Crippen molar-refractivity contribution in [1.29, 1.82) is 0 Å². The highest BCUT2D eigenvalue weighted by molar-refractivity contribution is 7.15. The topological polar surface area (TPSA) is 38.1 Å². The molecule has 2 heterocycles. The summed E-state index contributed by atoms with van der Waals surface area (Å²) in [4.78, 5) is 7.15. The summed E-state index contributed by atoms with van der Waals surface area (Å²) in [5, 5.41) is 3.36. The third-order valence-electron chi connectivity index (χ3n) is 3.62. The molecule has 20 heavy (non-hydrogen) atoms. The zero-order chi connectivity index (χ0) is 13.9. The van der Waals surface area contributed by atoms with Crippen LogP contribution in [0.25, 0.3) is 10.6 Å². The number of nitrogens with one attached hydrogen (secondary N) is 1. The van der Waals surface area contributed by atoms with Crippen molar-refractivity contribution in [2.24, 2.45) is 5.92 Å². The van der Waals surface area contributed by atoms with Gasteiger partial charge < -0.3 is 9.73 Å². The molecule has 0 spiro atoms. The first-order chi connectivity index (χ1) is 9.72. The van der Waals surface area contributed by atoms with E-state index in [1.165, 1.54) is 36.1 Å². The zero-order valence-electron chi connectivity index (χ0n) is 12.2. The van der Waals surface area contributed by atoms with Crippen LogP contribution in [0.2, 0.25) is 0 Å². The van der Waals surface area contributed by atoms with Crippen LogP contribution in [0.15, 0.2) is 16.7 Å². The molecule has 0 aliphatic heterocycles. The Bertz CT molecular complexity index is 547. The first-order valence-corrected chi connectivity index (χ1v) is 8.31. The lowest BCUT2D eigenvalue weighted by molar-refractivity contribution is 0.459. The van der Waals surface area contributed by atoms with Gasteiger partial charge in [0, 0.05) is 4.88 Å². The van der Waals surface area contributed by atoms with E-state index in [0.29, 0.717) is 12.5 Å². The van der Waals surface area contributed by atoms with E-state index in [1.807, 2.05) is 17.5 Å². The SMILES string of the molecule is CC(C)CNCc1ncc(-c2cc3c(s2)CCCC3)o1. The molecule has 0 saturated carbocycles. The second-order valence-corrected chi connectivity index (χ2v) is 7.05. The quantitative estimate of drug-likeness (QED) is 0.903. The van der Waals surface area contributed by atoms with E-state index in [-0.39, 0.29) is 0 Å². The fourth-order valence-electron chi connectivity index (χ4n) is 2.59. The maximum absolute atomic E-state index is 5.87. The lowest BCUT2D eigenvalue weighted by Crippen LogP contribution is -2.18. The molecule has 0 unspecified atom stereocenters. The number of fused-ring (bicyclic) bond motifs is 1. The summed E-state index contributed by atoms with van der Waals surface area (Å²) in [7, 11) is 0. The van der Waals surface area contributed by atoms with Crippen LogP contribution < -0.4 is 5.32 Å². The summed E-state index contributed by atoms with van der Waals surface area (Å²) in [5.41, 5.74) is 1.52. The minimum absolute atomic E-state index is 0.647. The molecule has 2 aromatic rings. The zero-order valence-corrected chi connectivity index (χ0v) is 13.1. The number of oxazole rings is 1. The average Bonchev–Trinajstić information content (AvgIpc) is 3.03. The average molecular weight is 290 g/mol. The molecule has 0 aromatic carbocycles. The van der Waals surface area contributed by atoms with Gasteiger partial charge in [0.05, 0.1) is 17.6 Å². The Morgan fingerprint density at radius 1 is 1.35 bits per heavy atom. The van der Waals surface area contributed by atoms with E-state index in [9.17, 15) is 0 Å². The summed E-state index contributed by atoms with van der Waals surface area (Å²) in [6, 6.07) is 2.30. The molecular formula is C16H22N2OS. The molecule has 0 fully saturated rings. The molecule has 0 saturated heterocycles. The first kappa shape index (κ1) is 13.8. The summed E-state index contributed by atoms with van der Waals surface area (Å²) >= 11 is 1.88. The molecule has 108 valence electrons. The Hall–Kier alpha value is -1.13. The van der Waals surface area contributed by atoms with E-state index in [0.717, 1.165) is 18.2 Å². The molecule has 2 aromatic heterocycles. The maximum atomic E-state index is 5.87. The number of aromatic nitrogens is 1. The molecule has 3 rings (SSSR count). The number of rotatable bonds is 5. The van der Waals surface area contributed by atoms with E-state index >= 15 is 0 Å². The van der Waals surface area contributed by atoms with Gasteiger partial charge in [-0.1, -0.05) is 13.8 Å². The lowest BCUT2D eigenvalue weighted by atomic mass is 9.99.